The summed E-state index contributed by atoms with van der Waals surface area (Å²) in [5.41, 5.74) is 0.775. The predicted octanol–water partition coefficient (Wildman–Crippen LogP) is 3.45. The molecule has 178 valence electrons. The number of ether oxygens (including phenoxy) is 2. The fourth-order valence-electron chi connectivity index (χ4n) is 2.79. The van der Waals surface area contributed by atoms with E-state index in [2.05, 4.69) is 26.6 Å². The molecule has 2 aromatic rings. The molecule has 2 amide bonds. The molecule has 0 aromatic heterocycles. The zero-order valence-electron chi connectivity index (χ0n) is 18.8. The van der Waals surface area contributed by atoms with Crippen LogP contribution in [0.15, 0.2) is 54.6 Å². The molecule has 0 radical (unpaired) electrons. The minimum Gasteiger partial charge on any atom is -0.508 e. The van der Waals surface area contributed by atoms with Crippen molar-refractivity contribution in [2.45, 2.75) is 51.5 Å². The Morgan fingerprint density at radius 2 is 1.58 bits per heavy atom. The highest BCUT2D eigenvalue weighted by molar-refractivity contribution is 9.09. The number of halogens is 1. The van der Waals surface area contributed by atoms with Gasteiger partial charge in [0.05, 0.1) is 0 Å². The van der Waals surface area contributed by atoms with Crippen molar-refractivity contribution in [2.24, 2.45) is 0 Å². The van der Waals surface area contributed by atoms with Crippen molar-refractivity contribution in [1.29, 1.82) is 0 Å². The Bertz CT molecular complexity index is 928. The van der Waals surface area contributed by atoms with Crippen LogP contribution in [0.25, 0.3) is 0 Å². The fourth-order valence-corrected chi connectivity index (χ4v) is 3.22. The van der Waals surface area contributed by atoms with Crippen molar-refractivity contribution < 1.29 is 29.0 Å². The molecule has 0 aliphatic rings. The number of hydrogen-bond donors (Lipinski definition) is 3. The summed E-state index contributed by atoms with van der Waals surface area (Å²) in [4.78, 5) is 37.8. The third kappa shape index (κ3) is 9.53. The fraction of sp³-hybridized carbons (Fsp3) is 0.375. The van der Waals surface area contributed by atoms with Gasteiger partial charge in [-0.25, -0.2) is 9.59 Å². The molecule has 33 heavy (non-hydrogen) atoms. The van der Waals surface area contributed by atoms with E-state index in [9.17, 15) is 19.5 Å². The Morgan fingerprint density at radius 3 is 2.15 bits per heavy atom. The van der Waals surface area contributed by atoms with Crippen LogP contribution in [0.4, 0.5) is 4.79 Å². The van der Waals surface area contributed by atoms with Crippen molar-refractivity contribution in [2.75, 3.05) is 5.33 Å². The van der Waals surface area contributed by atoms with Crippen LogP contribution in [0.2, 0.25) is 0 Å². The summed E-state index contributed by atoms with van der Waals surface area (Å²) in [5, 5.41) is 14.8. The van der Waals surface area contributed by atoms with Gasteiger partial charge in [-0.3, -0.25) is 4.79 Å². The summed E-state index contributed by atoms with van der Waals surface area (Å²) in [6, 6.07) is 13.5. The average molecular weight is 521 g/mol. The first-order chi connectivity index (χ1) is 15.6. The van der Waals surface area contributed by atoms with E-state index in [1.54, 1.807) is 32.9 Å². The highest BCUT2D eigenvalue weighted by atomic mass is 79.9. The lowest BCUT2D eigenvalue weighted by Gasteiger charge is -2.24. The number of esters is 1. The van der Waals surface area contributed by atoms with Crippen molar-refractivity contribution >= 4 is 33.9 Å². The lowest BCUT2D eigenvalue weighted by molar-refractivity contribution is -0.148. The van der Waals surface area contributed by atoms with Gasteiger partial charge < -0.3 is 25.2 Å². The van der Waals surface area contributed by atoms with Gasteiger partial charge in [-0.1, -0.05) is 58.4 Å². The van der Waals surface area contributed by atoms with Crippen LogP contribution in [-0.4, -0.2) is 46.1 Å². The lowest BCUT2D eigenvalue weighted by atomic mass is 10.0. The van der Waals surface area contributed by atoms with Crippen LogP contribution in [-0.2, 0) is 32.1 Å². The van der Waals surface area contributed by atoms with Crippen LogP contribution >= 0.6 is 15.9 Å². The first-order valence-corrected chi connectivity index (χ1v) is 11.5. The number of carbonyl (C=O) groups excluding carboxylic acids is 3. The maximum atomic E-state index is 13.0. The lowest BCUT2D eigenvalue weighted by Crippen LogP contribution is -2.53. The van der Waals surface area contributed by atoms with Crippen molar-refractivity contribution in [1.82, 2.24) is 10.6 Å². The monoisotopic (exact) mass is 520 g/mol. The van der Waals surface area contributed by atoms with E-state index in [1.807, 2.05) is 30.3 Å². The maximum absolute atomic E-state index is 13.0. The molecule has 0 bridgehead atoms. The summed E-state index contributed by atoms with van der Waals surface area (Å²) in [5.74, 6) is -1.10. The van der Waals surface area contributed by atoms with E-state index < -0.39 is 35.7 Å². The van der Waals surface area contributed by atoms with Gasteiger partial charge >= 0.3 is 12.1 Å². The van der Waals surface area contributed by atoms with Gasteiger partial charge in [-0.15, -0.1) is 0 Å². The van der Waals surface area contributed by atoms with Crippen LogP contribution < -0.4 is 10.6 Å². The first kappa shape index (κ1) is 26.2. The second-order valence-electron chi connectivity index (χ2n) is 8.38. The second kappa shape index (κ2) is 12.2. The molecule has 0 aliphatic heterocycles. The standard InChI is InChI=1S/C24H29BrN2O6/c1-24(2,3)33-23(31)27-19(13-16-9-11-18(28)12-10-16)21(29)26-20(14-25)22(30)32-15-17-7-5-4-6-8-17/h4-12,19-20,28H,13-15H2,1-3H3,(H,26,29)(H,27,31)/t19-,20-/m0/s1. The summed E-state index contributed by atoms with van der Waals surface area (Å²) in [6.45, 7) is 5.22. The number of phenolic OH excluding ortho intramolecular Hbond substituents is 1. The van der Waals surface area contributed by atoms with Gasteiger partial charge in [-0.05, 0) is 44.0 Å². The number of hydrogen-bond acceptors (Lipinski definition) is 6. The van der Waals surface area contributed by atoms with Crippen LogP contribution in [0.3, 0.4) is 0 Å². The first-order valence-electron chi connectivity index (χ1n) is 10.4. The molecule has 0 heterocycles. The zero-order valence-corrected chi connectivity index (χ0v) is 20.4. The largest absolute Gasteiger partial charge is 0.508 e. The SMILES string of the molecule is CC(C)(C)OC(=O)N[C@@H](Cc1ccc(O)cc1)C(=O)N[C@@H](CBr)C(=O)OCc1ccccc1. The topological polar surface area (TPSA) is 114 Å². The number of carbonyl (C=O) groups is 3. The summed E-state index contributed by atoms with van der Waals surface area (Å²) in [7, 11) is 0. The van der Waals surface area contributed by atoms with E-state index in [1.165, 1.54) is 12.1 Å². The second-order valence-corrected chi connectivity index (χ2v) is 9.03. The Balaban J connectivity index is 2.07. The van der Waals surface area contributed by atoms with Gasteiger partial charge in [0.1, 0.15) is 30.0 Å². The Hall–Kier alpha value is -3.07. The van der Waals surface area contributed by atoms with Crippen LogP contribution in [0, 0.1) is 0 Å². The van der Waals surface area contributed by atoms with E-state index in [0.717, 1.165) is 5.56 Å². The Kier molecular flexibility index (Phi) is 9.72. The minimum absolute atomic E-state index is 0.0755. The molecule has 2 rings (SSSR count). The highest BCUT2D eigenvalue weighted by Crippen LogP contribution is 2.13. The van der Waals surface area contributed by atoms with E-state index in [4.69, 9.17) is 9.47 Å². The number of phenols is 1. The van der Waals surface area contributed by atoms with E-state index in [-0.39, 0.29) is 24.1 Å². The molecule has 0 aliphatic carbocycles. The third-order valence-electron chi connectivity index (χ3n) is 4.36. The molecule has 0 unspecified atom stereocenters. The summed E-state index contributed by atoms with van der Waals surface area (Å²) in [6.07, 6.45) is -0.636. The molecule has 8 nitrogen and oxygen atoms in total. The molecule has 0 spiro atoms. The molecular formula is C24H29BrN2O6. The Labute approximate surface area is 201 Å². The number of aromatic hydroxyl groups is 1. The molecule has 0 saturated carbocycles. The average Bonchev–Trinajstić information content (AvgIpc) is 2.76. The van der Waals surface area contributed by atoms with Crippen LogP contribution in [0.5, 0.6) is 5.75 Å². The maximum Gasteiger partial charge on any atom is 0.408 e. The van der Waals surface area contributed by atoms with Gasteiger partial charge in [-0.2, -0.15) is 0 Å². The predicted molar refractivity (Wildman–Crippen MR) is 127 cm³/mol. The third-order valence-corrected chi connectivity index (χ3v) is 5.01. The van der Waals surface area contributed by atoms with Crippen molar-refractivity contribution in [3.05, 3.63) is 65.7 Å². The number of rotatable bonds is 9. The molecule has 0 fully saturated rings. The van der Waals surface area contributed by atoms with E-state index in [0.29, 0.717) is 5.56 Å². The van der Waals surface area contributed by atoms with Crippen LogP contribution in [0.1, 0.15) is 31.9 Å². The summed E-state index contributed by atoms with van der Waals surface area (Å²) >= 11 is 3.23. The van der Waals surface area contributed by atoms with Gasteiger partial charge in [0.15, 0.2) is 0 Å². The number of amides is 2. The number of alkyl halides is 1. The molecule has 3 N–H and O–H groups in total. The Morgan fingerprint density at radius 1 is 0.939 bits per heavy atom. The summed E-state index contributed by atoms with van der Waals surface area (Å²) < 4.78 is 10.6. The van der Waals surface area contributed by atoms with Gasteiger partial charge in [0.25, 0.3) is 0 Å². The normalized spacial score (nSPS) is 12.8. The van der Waals surface area contributed by atoms with Gasteiger partial charge in [0.2, 0.25) is 5.91 Å². The van der Waals surface area contributed by atoms with Crippen molar-refractivity contribution in [3.63, 3.8) is 0 Å². The van der Waals surface area contributed by atoms with E-state index >= 15 is 0 Å². The van der Waals surface area contributed by atoms with Crippen molar-refractivity contribution in [3.8, 4) is 5.75 Å². The minimum atomic E-state index is -1.02. The molecular weight excluding hydrogens is 492 g/mol. The molecule has 2 aromatic carbocycles. The van der Waals surface area contributed by atoms with Gasteiger partial charge in [0, 0.05) is 11.8 Å². The quantitative estimate of drug-likeness (QED) is 0.344. The number of benzene rings is 2. The zero-order chi connectivity index (χ0) is 24.4. The smallest absolute Gasteiger partial charge is 0.408 e. The molecule has 2 atom stereocenters. The number of nitrogens with one attached hydrogen (secondary N) is 2. The molecule has 0 saturated heterocycles. The number of alkyl carbamates (subject to hydrolysis) is 1. The molecule has 9 heteroatoms. The highest BCUT2D eigenvalue weighted by Gasteiger charge is 2.29.